The van der Waals surface area contributed by atoms with Gasteiger partial charge in [-0.2, -0.15) is 0 Å². The van der Waals surface area contributed by atoms with E-state index in [1.807, 2.05) is 0 Å². The lowest BCUT2D eigenvalue weighted by molar-refractivity contribution is -0.147. The summed E-state index contributed by atoms with van der Waals surface area (Å²) in [5, 5.41) is 12.4. The Morgan fingerprint density at radius 3 is 2.82 bits per heavy atom. The van der Waals surface area contributed by atoms with E-state index in [9.17, 15) is 14.3 Å². The molecule has 1 fully saturated rings. The number of halogens is 2. The largest absolute Gasteiger partial charge is 0.481 e. The second-order valence-corrected chi connectivity index (χ2v) is 5.38. The fraction of sp³-hybridized carbons (Fsp3) is 0.417. The zero-order valence-electron chi connectivity index (χ0n) is 9.17. The average molecular weight is 302 g/mol. The van der Waals surface area contributed by atoms with Crippen molar-refractivity contribution in [1.29, 1.82) is 0 Å². The Morgan fingerprint density at radius 1 is 1.53 bits per heavy atom. The van der Waals surface area contributed by atoms with Gasteiger partial charge in [0.15, 0.2) is 0 Å². The Balaban J connectivity index is 2.26. The highest BCUT2D eigenvalue weighted by Crippen LogP contribution is 2.31. The van der Waals surface area contributed by atoms with Gasteiger partial charge in [0, 0.05) is 11.0 Å². The van der Waals surface area contributed by atoms with Crippen LogP contribution in [0, 0.1) is 11.2 Å². The van der Waals surface area contributed by atoms with Crippen molar-refractivity contribution in [1.82, 2.24) is 5.32 Å². The quantitative estimate of drug-likeness (QED) is 0.900. The maximum atomic E-state index is 13.2. The topological polar surface area (TPSA) is 49.3 Å². The fourth-order valence-electron chi connectivity index (χ4n) is 2.26. The molecule has 17 heavy (non-hydrogen) atoms. The molecule has 5 heteroatoms. The van der Waals surface area contributed by atoms with Gasteiger partial charge in [-0.05, 0) is 43.1 Å². The number of nitrogens with one attached hydrogen (secondary N) is 1. The molecule has 92 valence electrons. The van der Waals surface area contributed by atoms with E-state index in [0.717, 1.165) is 0 Å². The summed E-state index contributed by atoms with van der Waals surface area (Å²) in [6, 6.07) is 4.53. The summed E-state index contributed by atoms with van der Waals surface area (Å²) < 4.78 is 13.9. The van der Waals surface area contributed by atoms with Gasteiger partial charge >= 0.3 is 5.97 Å². The van der Waals surface area contributed by atoms with Crippen LogP contribution in [-0.2, 0) is 11.2 Å². The van der Waals surface area contributed by atoms with Gasteiger partial charge in [0.1, 0.15) is 5.82 Å². The Kier molecular flexibility index (Phi) is 3.49. The highest BCUT2D eigenvalue weighted by atomic mass is 79.9. The molecule has 2 rings (SSSR count). The van der Waals surface area contributed by atoms with Crippen LogP contribution < -0.4 is 5.32 Å². The summed E-state index contributed by atoms with van der Waals surface area (Å²) in [7, 11) is 0. The monoisotopic (exact) mass is 301 g/mol. The first kappa shape index (κ1) is 12.5. The normalized spacial score (nSPS) is 23.9. The van der Waals surface area contributed by atoms with Crippen LogP contribution in [0.25, 0.3) is 0 Å². The van der Waals surface area contributed by atoms with E-state index in [4.69, 9.17) is 0 Å². The lowest BCUT2D eigenvalue weighted by Gasteiger charge is -2.23. The minimum Gasteiger partial charge on any atom is -0.481 e. The lowest BCUT2D eigenvalue weighted by atomic mass is 9.81. The number of hydrogen-bond acceptors (Lipinski definition) is 2. The standard InChI is InChI=1S/C12H13BrFNO2/c13-9-3-8(4-10(14)5-9)6-12(11(16)17)1-2-15-7-12/h3-5,15H,1-2,6-7H2,(H,16,17). The Bertz CT molecular complexity index is 424. The highest BCUT2D eigenvalue weighted by molar-refractivity contribution is 9.10. The van der Waals surface area contributed by atoms with Crippen molar-refractivity contribution in [3.05, 3.63) is 34.1 Å². The number of carbonyl (C=O) groups is 1. The molecule has 2 N–H and O–H groups in total. The fourth-order valence-corrected chi connectivity index (χ4v) is 2.77. The van der Waals surface area contributed by atoms with E-state index in [1.165, 1.54) is 12.1 Å². The van der Waals surface area contributed by atoms with Crippen molar-refractivity contribution >= 4 is 21.9 Å². The van der Waals surface area contributed by atoms with Gasteiger partial charge in [0.25, 0.3) is 0 Å². The van der Waals surface area contributed by atoms with Crippen LogP contribution in [0.2, 0.25) is 0 Å². The first-order valence-electron chi connectivity index (χ1n) is 5.41. The Labute approximate surface area is 107 Å². The molecular formula is C12H13BrFNO2. The number of benzene rings is 1. The highest BCUT2D eigenvalue weighted by Gasteiger charge is 2.41. The summed E-state index contributed by atoms with van der Waals surface area (Å²) in [5.41, 5.74) is -0.0873. The van der Waals surface area contributed by atoms with E-state index in [0.29, 0.717) is 36.0 Å². The molecular weight excluding hydrogens is 289 g/mol. The third-order valence-electron chi connectivity index (χ3n) is 3.16. The van der Waals surface area contributed by atoms with Crippen molar-refractivity contribution in [3.63, 3.8) is 0 Å². The zero-order chi connectivity index (χ0) is 12.5. The van der Waals surface area contributed by atoms with Crippen LogP contribution in [-0.4, -0.2) is 24.2 Å². The van der Waals surface area contributed by atoms with Crippen molar-refractivity contribution in [2.45, 2.75) is 12.8 Å². The van der Waals surface area contributed by atoms with Crippen LogP contribution in [0.1, 0.15) is 12.0 Å². The van der Waals surface area contributed by atoms with E-state index in [1.54, 1.807) is 6.07 Å². The molecule has 3 nitrogen and oxygen atoms in total. The number of carboxylic acids is 1. The van der Waals surface area contributed by atoms with E-state index in [-0.39, 0.29) is 5.82 Å². The van der Waals surface area contributed by atoms with Gasteiger partial charge in [-0.1, -0.05) is 15.9 Å². The Morgan fingerprint density at radius 2 is 2.29 bits per heavy atom. The molecule has 1 atom stereocenters. The van der Waals surface area contributed by atoms with Crippen molar-refractivity contribution in [2.75, 3.05) is 13.1 Å². The van der Waals surface area contributed by atoms with Crippen LogP contribution in [0.4, 0.5) is 4.39 Å². The van der Waals surface area contributed by atoms with E-state index < -0.39 is 11.4 Å². The summed E-state index contributed by atoms with van der Waals surface area (Å²) >= 11 is 3.21. The number of hydrogen-bond donors (Lipinski definition) is 2. The third-order valence-corrected chi connectivity index (χ3v) is 3.62. The maximum absolute atomic E-state index is 13.2. The molecule has 1 unspecified atom stereocenters. The SMILES string of the molecule is O=C(O)C1(Cc2cc(F)cc(Br)c2)CCNC1. The maximum Gasteiger partial charge on any atom is 0.311 e. The summed E-state index contributed by atoms with van der Waals surface area (Å²) in [5.74, 6) is -1.16. The van der Waals surface area contributed by atoms with Gasteiger partial charge < -0.3 is 10.4 Å². The molecule has 0 amide bonds. The molecule has 0 radical (unpaired) electrons. The lowest BCUT2D eigenvalue weighted by Crippen LogP contribution is -2.35. The molecule has 1 aliphatic heterocycles. The van der Waals surface area contributed by atoms with E-state index in [2.05, 4.69) is 21.2 Å². The molecule has 1 aromatic carbocycles. The average Bonchev–Trinajstić information content (AvgIpc) is 2.65. The minimum absolute atomic E-state index is 0.346. The van der Waals surface area contributed by atoms with Crippen LogP contribution >= 0.6 is 15.9 Å². The van der Waals surface area contributed by atoms with Gasteiger partial charge in [-0.15, -0.1) is 0 Å². The van der Waals surface area contributed by atoms with Gasteiger partial charge in [0.05, 0.1) is 5.41 Å². The first-order valence-corrected chi connectivity index (χ1v) is 6.20. The zero-order valence-corrected chi connectivity index (χ0v) is 10.8. The van der Waals surface area contributed by atoms with Crippen molar-refractivity contribution < 1.29 is 14.3 Å². The summed E-state index contributed by atoms with van der Waals surface area (Å²) in [6.45, 7) is 1.14. The van der Waals surface area contributed by atoms with Crippen LogP contribution in [0.15, 0.2) is 22.7 Å². The van der Waals surface area contributed by atoms with E-state index >= 15 is 0 Å². The minimum atomic E-state index is -0.817. The van der Waals surface area contributed by atoms with Gasteiger partial charge in [0.2, 0.25) is 0 Å². The van der Waals surface area contributed by atoms with Gasteiger partial charge in [-0.25, -0.2) is 4.39 Å². The molecule has 0 saturated carbocycles. The summed E-state index contributed by atoms with van der Waals surface area (Å²) in [4.78, 5) is 11.4. The number of rotatable bonds is 3. The van der Waals surface area contributed by atoms with Crippen LogP contribution in [0.5, 0.6) is 0 Å². The summed E-state index contributed by atoms with van der Waals surface area (Å²) in [6.07, 6.45) is 0.933. The second-order valence-electron chi connectivity index (χ2n) is 4.47. The van der Waals surface area contributed by atoms with Gasteiger partial charge in [-0.3, -0.25) is 4.79 Å². The first-order chi connectivity index (χ1) is 8.02. The molecule has 0 aromatic heterocycles. The molecule has 0 spiro atoms. The molecule has 0 bridgehead atoms. The number of carboxylic acid groups (broad SMARTS) is 1. The third kappa shape index (κ3) is 2.66. The van der Waals surface area contributed by atoms with Crippen molar-refractivity contribution in [2.24, 2.45) is 5.41 Å². The molecule has 1 heterocycles. The smallest absolute Gasteiger partial charge is 0.311 e. The molecule has 1 aromatic rings. The predicted octanol–water partition coefficient (Wildman–Crippen LogP) is 2.20. The second kappa shape index (κ2) is 4.74. The number of aliphatic carboxylic acids is 1. The predicted molar refractivity (Wildman–Crippen MR) is 65.4 cm³/mol. The van der Waals surface area contributed by atoms with Crippen LogP contribution in [0.3, 0.4) is 0 Å². The Hall–Kier alpha value is -0.940. The molecule has 1 aliphatic rings. The molecule has 1 saturated heterocycles. The molecule has 0 aliphatic carbocycles. The van der Waals surface area contributed by atoms with Crippen molar-refractivity contribution in [3.8, 4) is 0 Å².